The minimum Gasteiger partial charge on any atom is -0.455 e. The number of aromatic nitrogens is 1. The zero-order chi connectivity index (χ0) is 26.1. The van der Waals surface area contributed by atoms with Crippen LogP contribution in [0.4, 0.5) is 4.39 Å². The summed E-state index contributed by atoms with van der Waals surface area (Å²) < 4.78 is 32.3. The highest BCUT2D eigenvalue weighted by molar-refractivity contribution is 7.09. The molecule has 7 atom stereocenters. The Morgan fingerprint density at radius 3 is 2.57 bits per heavy atom. The second-order valence-electron chi connectivity index (χ2n) is 10.4. The molecule has 0 saturated carbocycles. The number of hydrogen-bond donors (Lipinski definition) is 2. The van der Waals surface area contributed by atoms with Crippen LogP contribution in [0.25, 0.3) is 6.08 Å². The molecule has 1 aromatic rings. The van der Waals surface area contributed by atoms with Gasteiger partial charge in [0, 0.05) is 30.7 Å². The van der Waals surface area contributed by atoms with E-state index in [4.69, 9.17) is 14.2 Å². The first-order chi connectivity index (χ1) is 16.2. The lowest BCUT2D eigenvalue weighted by atomic mass is 9.74. The molecule has 196 valence electrons. The van der Waals surface area contributed by atoms with Gasteiger partial charge in [-0.1, -0.05) is 20.8 Å². The molecule has 0 aliphatic carbocycles. The van der Waals surface area contributed by atoms with E-state index in [1.807, 2.05) is 13.8 Å². The second kappa shape index (κ2) is 10.7. The first-order valence-electron chi connectivity index (χ1n) is 11.9. The Labute approximate surface area is 209 Å². The number of ether oxygens (including phenoxy) is 3. The lowest BCUT2D eigenvalue weighted by Crippen LogP contribution is -2.47. The van der Waals surface area contributed by atoms with Gasteiger partial charge in [0.05, 0.1) is 52.6 Å². The molecule has 2 saturated heterocycles. The number of fused-ring (bicyclic) bond motifs is 1. The zero-order valence-corrected chi connectivity index (χ0v) is 21.9. The number of nitrogens with zero attached hydrogens (tertiary/aromatic N) is 1. The highest BCUT2D eigenvalue weighted by atomic mass is 32.1. The molecule has 0 radical (unpaired) electrons. The Bertz CT molecular complexity index is 963. The van der Waals surface area contributed by atoms with Crippen LogP contribution in [0, 0.1) is 18.3 Å². The van der Waals surface area contributed by atoms with Crippen molar-refractivity contribution >= 4 is 29.2 Å². The van der Waals surface area contributed by atoms with Crippen LogP contribution in [0.1, 0.15) is 64.6 Å². The molecular weight excluding hydrogens is 477 g/mol. The van der Waals surface area contributed by atoms with Crippen molar-refractivity contribution in [3.8, 4) is 0 Å². The molecule has 10 heteroatoms. The Kier molecular flexibility index (Phi) is 8.53. The number of Topliss-reactive ketones (excluding diaryl/α,β-unsaturated/α-hetero) is 1. The van der Waals surface area contributed by atoms with Crippen LogP contribution < -0.4 is 0 Å². The fourth-order valence-electron chi connectivity index (χ4n) is 4.38. The standard InChI is InChI=1S/C25H36FNO7S/c1-13-22(30)14(2)32-8-7-25(6)20(34-25)10-18(17(26)9-16-12-35-15(3)27-16)33-21(29)11-19(28)24(4,5)23(13)31/h9,12-14,18-20,22,28,30H,7-8,10-11H2,1-6H3/t13-,14-,18+,19+,20+,22+,25+/m1/s1. The van der Waals surface area contributed by atoms with E-state index >= 15 is 4.39 Å². The monoisotopic (exact) mass is 513 g/mol. The van der Waals surface area contributed by atoms with E-state index in [0.717, 1.165) is 5.01 Å². The number of hydrogen-bond acceptors (Lipinski definition) is 9. The molecule has 0 amide bonds. The number of carbonyl (C=O) groups is 2. The van der Waals surface area contributed by atoms with Crippen LogP contribution in [0.2, 0.25) is 0 Å². The minimum atomic E-state index is -1.39. The van der Waals surface area contributed by atoms with E-state index in [1.54, 1.807) is 19.2 Å². The normalized spacial score (nSPS) is 37.5. The summed E-state index contributed by atoms with van der Waals surface area (Å²) in [5, 5.41) is 23.9. The van der Waals surface area contributed by atoms with Crippen molar-refractivity contribution in [2.24, 2.45) is 11.3 Å². The molecule has 0 unspecified atom stereocenters. The van der Waals surface area contributed by atoms with Gasteiger partial charge >= 0.3 is 5.97 Å². The highest BCUT2D eigenvalue weighted by Crippen LogP contribution is 2.44. The van der Waals surface area contributed by atoms with E-state index in [9.17, 15) is 19.8 Å². The summed E-state index contributed by atoms with van der Waals surface area (Å²) in [4.78, 5) is 30.1. The number of thiazole rings is 1. The average molecular weight is 514 g/mol. The maximum absolute atomic E-state index is 15.2. The topological polar surface area (TPSA) is 118 Å². The van der Waals surface area contributed by atoms with E-state index in [2.05, 4.69) is 4.98 Å². The molecular formula is C25H36FNO7S. The molecule has 1 aromatic heterocycles. The fourth-order valence-corrected chi connectivity index (χ4v) is 4.95. The first kappa shape index (κ1) is 27.9. The van der Waals surface area contributed by atoms with Crippen LogP contribution in [0.3, 0.4) is 0 Å². The van der Waals surface area contributed by atoms with Gasteiger partial charge in [-0.15, -0.1) is 11.3 Å². The molecule has 35 heavy (non-hydrogen) atoms. The number of ketones is 1. The van der Waals surface area contributed by atoms with Crippen LogP contribution in [0.15, 0.2) is 11.2 Å². The predicted molar refractivity (Wildman–Crippen MR) is 128 cm³/mol. The lowest BCUT2D eigenvalue weighted by molar-refractivity contribution is -0.156. The highest BCUT2D eigenvalue weighted by Gasteiger charge is 2.53. The molecule has 0 bridgehead atoms. The number of epoxide rings is 1. The van der Waals surface area contributed by atoms with Gasteiger partial charge < -0.3 is 24.4 Å². The third-order valence-corrected chi connectivity index (χ3v) is 7.97. The quantitative estimate of drug-likeness (QED) is 0.457. The van der Waals surface area contributed by atoms with E-state index in [0.29, 0.717) is 12.1 Å². The van der Waals surface area contributed by atoms with Crippen molar-refractivity contribution in [1.82, 2.24) is 4.98 Å². The Morgan fingerprint density at radius 2 is 1.94 bits per heavy atom. The maximum atomic E-state index is 15.2. The average Bonchev–Trinajstić information content (AvgIpc) is 3.22. The smallest absolute Gasteiger partial charge is 0.309 e. The summed E-state index contributed by atoms with van der Waals surface area (Å²) in [5.74, 6) is -2.75. The Balaban J connectivity index is 1.85. The number of aliphatic hydroxyl groups is 2. The van der Waals surface area contributed by atoms with Crippen molar-refractivity contribution in [1.29, 1.82) is 0 Å². The number of carbonyl (C=O) groups excluding carboxylic acids is 2. The largest absolute Gasteiger partial charge is 0.455 e. The van der Waals surface area contributed by atoms with Gasteiger partial charge in [0.15, 0.2) is 6.10 Å². The summed E-state index contributed by atoms with van der Waals surface area (Å²) in [6.07, 6.45) is -3.40. The molecule has 0 aromatic carbocycles. The van der Waals surface area contributed by atoms with E-state index in [-0.39, 0.29) is 19.1 Å². The zero-order valence-electron chi connectivity index (χ0n) is 21.1. The molecule has 2 fully saturated rings. The minimum absolute atomic E-state index is 0.0846. The maximum Gasteiger partial charge on any atom is 0.309 e. The summed E-state index contributed by atoms with van der Waals surface area (Å²) in [5.41, 5.74) is -1.52. The third-order valence-electron chi connectivity index (χ3n) is 7.18. The first-order valence-corrected chi connectivity index (χ1v) is 12.8. The van der Waals surface area contributed by atoms with Crippen LogP contribution in [-0.2, 0) is 23.8 Å². The summed E-state index contributed by atoms with van der Waals surface area (Å²) in [7, 11) is 0. The lowest BCUT2D eigenvalue weighted by Gasteiger charge is -2.34. The van der Waals surface area contributed by atoms with Crippen molar-refractivity contribution in [3.05, 3.63) is 21.9 Å². The molecule has 3 rings (SSSR count). The summed E-state index contributed by atoms with van der Waals surface area (Å²) in [6.45, 7) is 10.2. The second-order valence-corrected chi connectivity index (χ2v) is 11.4. The summed E-state index contributed by atoms with van der Waals surface area (Å²) >= 11 is 1.38. The number of halogens is 1. The van der Waals surface area contributed by atoms with E-state index in [1.165, 1.54) is 31.3 Å². The van der Waals surface area contributed by atoms with Crippen LogP contribution >= 0.6 is 11.3 Å². The number of rotatable bonds is 2. The van der Waals surface area contributed by atoms with Gasteiger partial charge in [-0.3, -0.25) is 9.59 Å². The van der Waals surface area contributed by atoms with Crippen molar-refractivity contribution < 1.29 is 38.4 Å². The van der Waals surface area contributed by atoms with Gasteiger partial charge in [0.2, 0.25) is 0 Å². The van der Waals surface area contributed by atoms with Gasteiger partial charge in [-0.2, -0.15) is 0 Å². The van der Waals surface area contributed by atoms with Crippen molar-refractivity contribution in [3.63, 3.8) is 0 Å². The number of esters is 1. The predicted octanol–water partition coefficient (Wildman–Crippen LogP) is 3.37. The summed E-state index contributed by atoms with van der Waals surface area (Å²) in [6, 6.07) is 0. The van der Waals surface area contributed by atoms with Gasteiger partial charge in [0.1, 0.15) is 11.6 Å². The van der Waals surface area contributed by atoms with Crippen LogP contribution in [-0.4, -0.2) is 69.7 Å². The van der Waals surface area contributed by atoms with E-state index < -0.39 is 65.4 Å². The SMILES string of the molecule is Cc1nc(C=C(F)[C@@H]2C[C@@H]3O[C@@]3(C)CCO[C@H](C)[C@@H](O)[C@@H](C)C(=O)C(C)(C)[C@@H](O)CC(=O)O2)cs1. The number of aryl methyl sites for hydroxylation is 1. The third kappa shape index (κ3) is 6.54. The molecule has 2 aliphatic heterocycles. The molecule has 2 N–H and O–H groups in total. The fraction of sp³-hybridized carbons (Fsp3) is 0.720. The Morgan fingerprint density at radius 1 is 1.26 bits per heavy atom. The molecule has 8 nitrogen and oxygen atoms in total. The molecule has 2 aliphatic rings. The molecule has 0 spiro atoms. The van der Waals surface area contributed by atoms with Crippen molar-refractivity contribution in [2.45, 2.75) is 96.9 Å². The number of cyclic esters (lactones) is 1. The van der Waals surface area contributed by atoms with Crippen molar-refractivity contribution in [2.75, 3.05) is 6.61 Å². The van der Waals surface area contributed by atoms with Gasteiger partial charge in [-0.25, -0.2) is 9.37 Å². The number of aliphatic hydroxyl groups excluding tert-OH is 2. The van der Waals surface area contributed by atoms with Gasteiger partial charge in [-0.05, 0) is 26.8 Å². The Hall–Kier alpha value is -1.72. The molecule has 3 heterocycles. The van der Waals surface area contributed by atoms with Crippen LogP contribution in [0.5, 0.6) is 0 Å². The van der Waals surface area contributed by atoms with Gasteiger partial charge in [0.25, 0.3) is 0 Å².